The van der Waals surface area contributed by atoms with E-state index in [1.165, 1.54) is 0 Å². The van der Waals surface area contributed by atoms with E-state index in [1.54, 1.807) is 25.3 Å². The Morgan fingerprint density at radius 2 is 2.00 bits per heavy atom. The van der Waals surface area contributed by atoms with Gasteiger partial charge in [0.1, 0.15) is 6.61 Å². The molecule has 0 spiro atoms. The Hall–Kier alpha value is -2.99. The van der Waals surface area contributed by atoms with Crippen LogP contribution in [0.15, 0.2) is 40.8 Å². The zero-order valence-electron chi connectivity index (χ0n) is 14.4. The average molecular weight is 372 g/mol. The molecular formula is C19H18ClN3O3. The second kappa shape index (κ2) is 7.93. The first kappa shape index (κ1) is 17.8. The summed E-state index contributed by atoms with van der Waals surface area (Å²) in [4.78, 5) is 0. The predicted octanol–water partition coefficient (Wildman–Crippen LogP) is 4.37. The minimum Gasteiger partial charge on any atom is -0.493 e. The summed E-state index contributed by atoms with van der Waals surface area (Å²) in [5.41, 5.74) is 8.44. The minimum atomic E-state index is 0.0141. The maximum absolute atomic E-state index is 6.39. The highest BCUT2D eigenvalue weighted by Gasteiger charge is 2.12. The van der Waals surface area contributed by atoms with Crippen molar-refractivity contribution in [2.75, 3.05) is 12.8 Å². The summed E-state index contributed by atoms with van der Waals surface area (Å²) in [5.74, 6) is 1.34. The lowest BCUT2D eigenvalue weighted by molar-refractivity contribution is 0.284. The van der Waals surface area contributed by atoms with Gasteiger partial charge < -0.3 is 19.6 Å². The van der Waals surface area contributed by atoms with Crippen molar-refractivity contribution in [3.63, 3.8) is 0 Å². The van der Waals surface area contributed by atoms with E-state index in [4.69, 9.17) is 31.2 Å². The van der Waals surface area contributed by atoms with Gasteiger partial charge in [0.05, 0.1) is 12.1 Å². The Morgan fingerprint density at radius 1 is 1.19 bits per heavy atom. The number of methoxy groups -OCH3 is 1. The Labute approximate surface area is 156 Å². The maximum atomic E-state index is 6.39. The average Bonchev–Trinajstić information content (AvgIpc) is 3.05. The van der Waals surface area contributed by atoms with Gasteiger partial charge in [0.15, 0.2) is 11.5 Å². The topological polar surface area (TPSA) is 83.4 Å². The SMILES string of the molecule is COc1cc(/C=C/c2nnc(N)o2)cc(Cl)c1OCc1ccccc1C. The van der Waals surface area contributed by atoms with Gasteiger partial charge in [-0.05, 0) is 41.8 Å². The Balaban J connectivity index is 1.81. The third kappa shape index (κ3) is 4.15. The summed E-state index contributed by atoms with van der Waals surface area (Å²) >= 11 is 6.39. The van der Waals surface area contributed by atoms with Crippen LogP contribution in [0.4, 0.5) is 6.01 Å². The molecule has 0 unspecified atom stereocenters. The van der Waals surface area contributed by atoms with Crippen molar-refractivity contribution in [2.45, 2.75) is 13.5 Å². The highest BCUT2D eigenvalue weighted by molar-refractivity contribution is 6.32. The molecule has 3 aromatic rings. The number of aryl methyl sites for hydroxylation is 1. The minimum absolute atomic E-state index is 0.0141. The fraction of sp³-hybridized carbons (Fsp3) is 0.158. The monoisotopic (exact) mass is 371 g/mol. The molecule has 0 atom stereocenters. The number of benzene rings is 2. The smallest absolute Gasteiger partial charge is 0.313 e. The number of hydrogen-bond acceptors (Lipinski definition) is 6. The zero-order chi connectivity index (χ0) is 18.5. The number of aromatic nitrogens is 2. The van der Waals surface area contributed by atoms with Gasteiger partial charge in [0.2, 0.25) is 5.89 Å². The fourth-order valence-corrected chi connectivity index (χ4v) is 2.65. The van der Waals surface area contributed by atoms with Crippen molar-refractivity contribution in [1.82, 2.24) is 10.2 Å². The van der Waals surface area contributed by atoms with Crippen LogP contribution in [0.3, 0.4) is 0 Å². The van der Waals surface area contributed by atoms with Gasteiger partial charge in [-0.2, -0.15) is 0 Å². The molecular weight excluding hydrogens is 354 g/mol. The van der Waals surface area contributed by atoms with Gasteiger partial charge in [-0.1, -0.05) is 41.0 Å². The van der Waals surface area contributed by atoms with Gasteiger partial charge in [-0.3, -0.25) is 0 Å². The van der Waals surface area contributed by atoms with E-state index in [1.807, 2.05) is 37.3 Å². The van der Waals surface area contributed by atoms with Crippen LogP contribution in [0.2, 0.25) is 5.02 Å². The normalized spacial score (nSPS) is 11.0. The molecule has 0 amide bonds. The Kier molecular flexibility index (Phi) is 5.43. The third-order valence-electron chi connectivity index (χ3n) is 3.76. The van der Waals surface area contributed by atoms with Gasteiger partial charge in [0.25, 0.3) is 0 Å². The van der Waals surface area contributed by atoms with Gasteiger partial charge in [0, 0.05) is 6.08 Å². The summed E-state index contributed by atoms with van der Waals surface area (Å²) < 4.78 is 16.4. The van der Waals surface area contributed by atoms with Crippen molar-refractivity contribution in [3.8, 4) is 11.5 Å². The van der Waals surface area contributed by atoms with Crippen LogP contribution in [0.5, 0.6) is 11.5 Å². The van der Waals surface area contributed by atoms with E-state index < -0.39 is 0 Å². The quantitative estimate of drug-likeness (QED) is 0.692. The first-order valence-corrected chi connectivity index (χ1v) is 8.26. The molecule has 1 aromatic heterocycles. The van der Waals surface area contributed by atoms with Crippen LogP contribution in [-0.2, 0) is 6.61 Å². The van der Waals surface area contributed by atoms with E-state index >= 15 is 0 Å². The number of nitrogens with two attached hydrogens (primary N) is 1. The van der Waals surface area contributed by atoms with E-state index in [0.29, 0.717) is 29.0 Å². The first-order chi connectivity index (χ1) is 12.6. The lowest BCUT2D eigenvalue weighted by Crippen LogP contribution is -2.00. The second-order valence-corrected chi connectivity index (χ2v) is 5.97. The van der Waals surface area contributed by atoms with Crippen LogP contribution in [0.25, 0.3) is 12.2 Å². The van der Waals surface area contributed by atoms with E-state index in [-0.39, 0.29) is 6.01 Å². The number of hydrogen-bond donors (Lipinski definition) is 1. The largest absolute Gasteiger partial charge is 0.493 e. The number of ether oxygens (including phenoxy) is 2. The maximum Gasteiger partial charge on any atom is 0.313 e. The molecule has 0 aliphatic carbocycles. The highest BCUT2D eigenvalue weighted by atomic mass is 35.5. The van der Waals surface area contributed by atoms with E-state index in [2.05, 4.69) is 10.2 Å². The van der Waals surface area contributed by atoms with Gasteiger partial charge in [-0.15, -0.1) is 5.10 Å². The predicted molar refractivity (Wildman–Crippen MR) is 101 cm³/mol. The van der Waals surface area contributed by atoms with E-state index in [0.717, 1.165) is 16.7 Å². The summed E-state index contributed by atoms with van der Waals surface area (Å²) in [6.07, 6.45) is 3.41. The van der Waals surface area contributed by atoms with Crippen LogP contribution < -0.4 is 15.2 Å². The Morgan fingerprint density at radius 3 is 2.69 bits per heavy atom. The molecule has 0 aliphatic rings. The van der Waals surface area contributed by atoms with Crippen LogP contribution >= 0.6 is 11.6 Å². The first-order valence-electron chi connectivity index (χ1n) is 7.88. The number of nitrogens with zero attached hydrogens (tertiary/aromatic N) is 2. The molecule has 0 fully saturated rings. The molecule has 3 rings (SSSR count). The number of nitrogen functional groups attached to an aromatic ring is 1. The number of anilines is 1. The number of rotatable bonds is 6. The molecule has 0 aliphatic heterocycles. The molecule has 7 heteroatoms. The number of halogens is 1. The second-order valence-electron chi connectivity index (χ2n) is 5.56. The van der Waals surface area contributed by atoms with Crippen molar-refractivity contribution in [1.29, 1.82) is 0 Å². The molecule has 26 heavy (non-hydrogen) atoms. The standard InChI is InChI=1S/C19H18ClN3O3/c1-12-5-3-4-6-14(12)11-25-18-15(20)9-13(10-16(18)24-2)7-8-17-22-23-19(21)26-17/h3-10H,11H2,1-2H3,(H2,21,23)/b8-7+. The fourth-order valence-electron chi connectivity index (χ4n) is 2.38. The molecule has 0 radical (unpaired) electrons. The molecule has 0 saturated carbocycles. The molecule has 1 heterocycles. The van der Waals surface area contributed by atoms with Crippen LogP contribution in [0, 0.1) is 6.92 Å². The molecule has 2 N–H and O–H groups in total. The molecule has 6 nitrogen and oxygen atoms in total. The summed E-state index contributed by atoms with van der Waals surface area (Å²) in [7, 11) is 1.57. The van der Waals surface area contributed by atoms with E-state index in [9.17, 15) is 0 Å². The molecule has 2 aromatic carbocycles. The molecule has 0 bridgehead atoms. The van der Waals surface area contributed by atoms with Crippen LogP contribution in [-0.4, -0.2) is 17.3 Å². The zero-order valence-corrected chi connectivity index (χ0v) is 15.2. The molecule has 134 valence electrons. The van der Waals surface area contributed by atoms with Crippen molar-refractivity contribution < 1.29 is 13.9 Å². The van der Waals surface area contributed by atoms with Crippen LogP contribution in [0.1, 0.15) is 22.6 Å². The van der Waals surface area contributed by atoms with Crippen molar-refractivity contribution in [2.24, 2.45) is 0 Å². The van der Waals surface area contributed by atoms with Gasteiger partial charge >= 0.3 is 6.01 Å². The third-order valence-corrected chi connectivity index (χ3v) is 4.04. The lowest BCUT2D eigenvalue weighted by atomic mass is 10.1. The van der Waals surface area contributed by atoms with Crippen molar-refractivity contribution in [3.05, 3.63) is 64.0 Å². The highest BCUT2D eigenvalue weighted by Crippen LogP contribution is 2.37. The Bertz CT molecular complexity index is 938. The molecule has 0 saturated heterocycles. The van der Waals surface area contributed by atoms with Gasteiger partial charge in [-0.25, -0.2) is 0 Å². The van der Waals surface area contributed by atoms with Crippen molar-refractivity contribution >= 4 is 29.8 Å². The summed E-state index contributed by atoms with van der Waals surface area (Å²) in [6.45, 7) is 2.44. The summed E-state index contributed by atoms with van der Waals surface area (Å²) in [5, 5.41) is 7.81. The lowest BCUT2D eigenvalue weighted by Gasteiger charge is -2.14. The summed E-state index contributed by atoms with van der Waals surface area (Å²) in [6, 6.07) is 11.6.